The Balaban J connectivity index is 2.15. The van der Waals surface area contributed by atoms with Crippen LogP contribution in [-0.4, -0.2) is 15.5 Å². The first-order valence-corrected chi connectivity index (χ1v) is 6.69. The van der Waals surface area contributed by atoms with Gasteiger partial charge in [-0.05, 0) is 34.1 Å². The van der Waals surface area contributed by atoms with Gasteiger partial charge in [-0.15, -0.1) is 0 Å². The van der Waals surface area contributed by atoms with Crippen LogP contribution in [0.1, 0.15) is 0 Å². The summed E-state index contributed by atoms with van der Waals surface area (Å²) in [6.07, 6.45) is 2.65. The number of carbonyl (C=O) groups excluding carboxylic acids is 1. The van der Waals surface area contributed by atoms with Crippen LogP contribution in [0.25, 0.3) is 0 Å². The van der Waals surface area contributed by atoms with Gasteiger partial charge in [0.25, 0.3) is 5.56 Å². The average Bonchev–Trinajstić information content (AvgIpc) is 2.39. The van der Waals surface area contributed by atoms with Gasteiger partial charge in [-0.1, -0.05) is 11.6 Å². The molecule has 0 radical (unpaired) electrons. The van der Waals surface area contributed by atoms with E-state index in [0.717, 1.165) is 0 Å². The normalized spacial score (nSPS) is 10.3. The molecular formula is C12H10BrClN4O2. The van der Waals surface area contributed by atoms with Crippen molar-refractivity contribution in [3.8, 4) is 0 Å². The smallest absolute Gasteiger partial charge is 0.268 e. The summed E-state index contributed by atoms with van der Waals surface area (Å²) in [5, 5.41) is 3.05. The highest BCUT2D eigenvalue weighted by molar-refractivity contribution is 9.10. The summed E-state index contributed by atoms with van der Waals surface area (Å²) in [4.78, 5) is 27.5. The summed E-state index contributed by atoms with van der Waals surface area (Å²) < 4.78 is 1.47. The van der Waals surface area contributed by atoms with E-state index in [2.05, 4.69) is 26.2 Å². The third-order valence-electron chi connectivity index (χ3n) is 2.46. The molecule has 0 atom stereocenters. The van der Waals surface area contributed by atoms with Crippen molar-refractivity contribution >= 4 is 44.8 Å². The van der Waals surface area contributed by atoms with E-state index in [0.29, 0.717) is 16.4 Å². The summed E-state index contributed by atoms with van der Waals surface area (Å²) in [6.45, 7) is -0.169. The number of nitrogens with zero attached hydrogens (tertiary/aromatic N) is 2. The molecule has 1 aromatic carbocycles. The summed E-state index contributed by atoms with van der Waals surface area (Å²) in [5.74, 6) is -0.402. The molecule has 1 amide bonds. The van der Waals surface area contributed by atoms with Crippen LogP contribution in [0.4, 0.5) is 11.4 Å². The number of nitrogen functional groups attached to an aromatic ring is 1. The molecule has 20 heavy (non-hydrogen) atoms. The van der Waals surface area contributed by atoms with Gasteiger partial charge < -0.3 is 11.1 Å². The summed E-state index contributed by atoms with van der Waals surface area (Å²) >= 11 is 8.89. The minimum Gasteiger partial charge on any atom is -0.397 e. The number of aromatic nitrogens is 2. The molecule has 104 valence electrons. The first-order valence-electron chi connectivity index (χ1n) is 5.52. The molecule has 1 heterocycles. The Bertz CT molecular complexity index is 717. The summed E-state index contributed by atoms with van der Waals surface area (Å²) in [7, 11) is 0. The fraction of sp³-hybridized carbons (Fsp3) is 0.0833. The van der Waals surface area contributed by atoms with Crippen LogP contribution < -0.4 is 16.6 Å². The number of rotatable bonds is 3. The van der Waals surface area contributed by atoms with Crippen LogP contribution in [-0.2, 0) is 11.3 Å². The van der Waals surface area contributed by atoms with E-state index >= 15 is 0 Å². The van der Waals surface area contributed by atoms with Crippen LogP contribution in [0.3, 0.4) is 0 Å². The van der Waals surface area contributed by atoms with Gasteiger partial charge in [0.15, 0.2) is 0 Å². The predicted octanol–water partition coefficient (Wildman–Crippen LogP) is 1.88. The quantitative estimate of drug-likeness (QED) is 0.821. The molecule has 8 heteroatoms. The maximum atomic E-state index is 11.9. The van der Waals surface area contributed by atoms with E-state index < -0.39 is 5.91 Å². The Morgan fingerprint density at radius 2 is 2.25 bits per heavy atom. The second-order valence-electron chi connectivity index (χ2n) is 3.95. The summed E-state index contributed by atoms with van der Waals surface area (Å²) in [5.41, 5.74) is 6.18. The van der Waals surface area contributed by atoms with E-state index in [1.807, 2.05) is 0 Å². The molecule has 0 aliphatic rings. The second kappa shape index (κ2) is 6.06. The van der Waals surface area contributed by atoms with Crippen LogP contribution >= 0.6 is 27.5 Å². The lowest BCUT2D eigenvalue weighted by atomic mass is 10.2. The van der Waals surface area contributed by atoms with Gasteiger partial charge in [-0.25, -0.2) is 4.98 Å². The van der Waals surface area contributed by atoms with Gasteiger partial charge in [-0.2, -0.15) is 0 Å². The van der Waals surface area contributed by atoms with Crippen molar-refractivity contribution in [2.75, 3.05) is 11.1 Å². The molecule has 6 nitrogen and oxygen atoms in total. The van der Waals surface area contributed by atoms with Crippen molar-refractivity contribution in [2.45, 2.75) is 6.54 Å². The third kappa shape index (κ3) is 3.37. The Kier molecular flexibility index (Phi) is 4.41. The Hall–Kier alpha value is -1.86. The number of halogens is 2. The number of benzene rings is 1. The Labute approximate surface area is 127 Å². The van der Waals surface area contributed by atoms with Gasteiger partial charge in [0.1, 0.15) is 11.0 Å². The van der Waals surface area contributed by atoms with Gasteiger partial charge >= 0.3 is 0 Å². The molecule has 1 aromatic heterocycles. The first kappa shape index (κ1) is 14.5. The van der Waals surface area contributed by atoms with Crippen molar-refractivity contribution in [3.63, 3.8) is 0 Å². The molecule has 0 bridgehead atoms. The number of nitrogens with one attached hydrogen (secondary N) is 1. The van der Waals surface area contributed by atoms with Gasteiger partial charge in [-0.3, -0.25) is 14.2 Å². The molecule has 0 fully saturated rings. The maximum Gasteiger partial charge on any atom is 0.268 e. The molecule has 2 aromatic rings. The lowest BCUT2D eigenvalue weighted by molar-refractivity contribution is -0.116. The molecule has 0 spiro atoms. The minimum atomic E-state index is -0.402. The van der Waals surface area contributed by atoms with E-state index in [9.17, 15) is 9.59 Å². The Morgan fingerprint density at radius 1 is 1.50 bits per heavy atom. The molecule has 0 saturated heterocycles. The van der Waals surface area contributed by atoms with E-state index in [1.54, 1.807) is 12.1 Å². The van der Waals surface area contributed by atoms with Crippen LogP contribution in [0, 0.1) is 0 Å². The van der Waals surface area contributed by atoms with Crippen LogP contribution in [0.5, 0.6) is 0 Å². The molecule has 0 aliphatic heterocycles. The average molecular weight is 358 g/mol. The highest BCUT2D eigenvalue weighted by atomic mass is 79.9. The number of anilines is 2. The SMILES string of the molecule is Nc1ccc(Cl)cc1NC(=O)Cn1cncc(Br)c1=O. The fourth-order valence-electron chi connectivity index (χ4n) is 1.52. The zero-order valence-electron chi connectivity index (χ0n) is 10.1. The highest BCUT2D eigenvalue weighted by Gasteiger charge is 2.09. The van der Waals surface area contributed by atoms with Crippen molar-refractivity contribution in [3.05, 3.63) is 50.6 Å². The highest BCUT2D eigenvalue weighted by Crippen LogP contribution is 2.22. The molecule has 0 unspecified atom stereocenters. The topological polar surface area (TPSA) is 90.0 Å². The number of nitrogens with two attached hydrogens (primary N) is 1. The largest absolute Gasteiger partial charge is 0.397 e. The maximum absolute atomic E-state index is 11.9. The van der Waals surface area contributed by atoms with E-state index in [-0.39, 0.29) is 16.6 Å². The molecular weight excluding hydrogens is 348 g/mol. The number of amides is 1. The molecule has 3 N–H and O–H groups in total. The molecule has 2 rings (SSSR count). The minimum absolute atomic E-state index is 0.169. The van der Waals surface area contributed by atoms with Crippen molar-refractivity contribution in [1.29, 1.82) is 0 Å². The van der Waals surface area contributed by atoms with E-state index in [4.69, 9.17) is 17.3 Å². The van der Waals surface area contributed by atoms with Crippen LogP contribution in [0.15, 0.2) is 40.0 Å². The number of hydrogen-bond acceptors (Lipinski definition) is 4. The predicted molar refractivity (Wildman–Crippen MR) is 80.7 cm³/mol. The van der Waals surface area contributed by atoms with Gasteiger partial charge in [0.05, 0.1) is 17.7 Å². The lowest BCUT2D eigenvalue weighted by Gasteiger charge is -2.09. The van der Waals surface area contributed by atoms with Crippen molar-refractivity contribution in [1.82, 2.24) is 9.55 Å². The fourth-order valence-corrected chi connectivity index (χ4v) is 2.04. The standard InChI is InChI=1S/C12H10BrClN4O2/c13-8-4-16-6-18(12(8)20)5-11(19)17-10-3-7(14)1-2-9(10)15/h1-4,6H,5,15H2,(H,17,19). The van der Waals surface area contributed by atoms with E-state index in [1.165, 1.54) is 23.2 Å². The summed E-state index contributed by atoms with van der Waals surface area (Å²) in [6, 6.07) is 4.75. The third-order valence-corrected chi connectivity index (χ3v) is 3.24. The van der Waals surface area contributed by atoms with Gasteiger partial charge in [0, 0.05) is 11.2 Å². The first-order chi connectivity index (χ1) is 9.47. The zero-order chi connectivity index (χ0) is 14.7. The Morgan fingerprint density at radius 3 is 3.00 bits per heavy atom. The zero-order valence-corrected chi connectivity index (χ0v) is 12.5. The number of hydrogen-bond donors (Lipinski definition) is 2. The number of carbonyl (C=O) groups is 1. The molecule has 0 saturated carbocycles. The van der Waals surface area contributed by atoms with Crippen LogP contribution in [0.2, 0.25) is 5.02 Å². The van der Waals surface area contributed by atoms with Gasteiger partial charge in [0.2, 0.25) is 5.91 Å². The van der Waals surface area contributed by atoms with Crippen molar-refractivity contribution < 1.29 is 4.79 Å². The van der Waals surface area contributed by atoms with Crippen molar-refractivity contribution in [2.24, 2.45) is 0 Å². The monoisotopic (exact) mass is 356 g/mol. The second-order valence-corrected chi connectivity index (χ2v) is 5.25. The lowest BCUT2D eigenvalue weighted by Crippen LogP contribution is -2.28. The molecule has 0 aliphatic carbocycles.